The summed E-state index contributed by atoms with van der Waals surface area (Å²) < 4.78 is 8.05. The van der Waals surface area contributed by atoms with Crippen molar-refractivity contribution in [3.63, 3.8) is 0 Å². The number of aliphatic hydroxyl groups is 1. The fraction of sp³-hybridized carbons (Fsp3) is 0.500. The number of carbonyl (C=O) groups is 1. The molecule has 24 heavy (non-hydrogen) atoms. The number of carbonyl (C=O) groups excluding carboxylic acids is 1. The summed E-state index contributed by atoms with van der Waals surface area (Å²) in [5.41, 5.74) is 0.558. The molecule has 5 nitrogen and oxygen atoms in total. The van der Waals surface area contributed by atoms with Gasteiger partial charge in [0.15, 0.2) is 5.69 Å². The Morgan fingerprint density at radius 1 is 1.25 bits per heavy atom. The number of fused-ring (bicyclic) bond motifs is 1. The number of benzene rings is 1. The Kier molecular flexibility index (Phi) is 4.10. The minimum atomic E-state index is -0.844. The van der Waals surface area contributed by atoms with Gasteiger partial charge in [0.25, 0.3) is 5.91 Å². The van der Waals surface area contributed by atoms with Gasteiger partial charge in [0, 0.05) is 18.5 Å². The molecule has 126 valence electrons. The lowest BCUT2D eigenvalue weighted by molar-refractivity contribution is -0.110. The van der Waals surface area contributed by atoms with Gasteiger partial charge in [-0.05, 0) is 24.8 Å². The Bertz CT molecular complexity index is 706. The highest BCUT2D eigenvalue weighted by Gasteiger charge is 2.50. The van der Waals surface area contributed by atoms with Crippen LogP contribution in [0.4, 0.5) is 0 Å². The van der Waals surface area contributed by atoms with Gasteiger partial charge in [0.2, 0.25) is 0 Å². The highest BCUT2D eigenvalue weighted by molar-refractivity contribution is 6.99. The lowest BCUT2D eigenvalue weighted by Gasteiger charge is -2.52. The summed E-state index contributed by atoms with van der Waals surface area (Å²) in [6.07, 6.45) is 6.23. The van der Waals surface area contributed by atoms with Crippen LogP contribution in [0.3, 0.4) is 0 Å². The van der Waals surface area contributed by atoms with Crippen molar-refractivity contribution in [2.75, 3.05) is 6.54 Å². The van der Waals surface area contributed by atoms with E-state index < -0.39 is 5.60 Å². The topological polar surface area (TPSA) is 66.3 Å². The smallest absolute Gasteiger partial charge is 0.275 e. The molecule has 2 aliphatic rings. The van der Waals surface area contributed by atoms with Crippen LogP contribution in [-0.2, 0) is 5.60 Å². The van der Waals surface area contributed by atoms with E-state index in [9.17, 15) is 9.90 Å². The molecule has 1 saturated carbocycles. The Hall–Kier alpha value is -1.79. The summed E-state index contributed by atoms with van der Waals surface area (Å²) in [7, 11) is 0. The van der Waals surface area contributed by atoms with Crippen LogP contribution in [0.5, 0.6) is 0 Å². The van der Waals surface area contributed by atoms with E-state index >= 15 is 0 Å². The van der Waals surface area contributed by atoms with Crippen molar-refractivity contribution in [1.82, 2.24) is 13.6 Å². The zero-order valence-corrected chi connectivity index (χ0v) is 14.3. The monoisotopic (exact) mass is 343 g/mol. The van der Waals surface area contributed by atoms with Gasteiger partial charge >= 0.3 is 0 Å². The number of aromatic nitrogens is 2. The standard InChI is InChI=1S/C18H21N3O2S/c22-17(15-12-19-24-20-15)21-11-10-18(23,13-6-2-1-3-7-13)14-8-4-5-9-16(14)21/h1-3,6-7,12,14,16,23H,4-5,8-11H2/t14-,16-,18+/m1/s1. The average Bonchev–Trinajstić information content (AvgIpc) is 3.17. The average molecular weight is 343 g/mol. The van der Waals surface area contributed by atoms with E-state index in [4.69, 9.17) is 0 Å². The third-order valence-electron chi connectivity index (χ3n) is 5.59. The summed E-state index contributed by atoms with van der Waals surface area (Å²) >= 11 is 1.06. The maximum Gasteiger partial charge on any atom is 0.275 e. The van der Waals surface area contributed by atoms with Gasteiger partial charge in [-0.2, -0.15) is 8.75 Å². The maximum absolute atomic E-state index is 12.8. The molecule has 4 rings (SSSR count). The molecule has 0 unspecified atom stereocenters. The van der Waals surface area contributed by atoms with E-state index in [0.717, 1.165) is 43.0 Å². The predicted molar refractivity (Wildman–Crippen MR) is 91.6 cm³/mol. The highest BCUT2D eigenvalue weighted by atomic mass is 32.1. The fourth-order valence-electron chi connectivity index (χ4n) is 4.43. The lowest BCUT2D eigenvalue weighted by atomic mass is 9.66. The van der Waals surface area contributed by atoms with Crippen molar-refractivity contribution >= 4 is 17.6 Å². The first-order valence-corrected chi connectivity index (χ1v) is 9.29. The molecule has 1 saturated heterocycles. The first kappa shape index (κ1) is 15.7. The van der Waals surface area contributed by atoms with Crippen molar-refractivity contribution in [3.8, 4) is 0 Å². The summed E-state index contributed by atoms with van der Waals surface area (Å²) in [4.78, 5) is 14.7. The molecule has 0 bridgehead atoms. The second-order valence-electron chi connectivity index (χ2n) is 6.79. The first-order chi connectivity index (χ1) is 11.7. The zero-order chi connectivity index (χ0) is 16.6. The third kappa shape index (κ3) is 2.54. The highest BCUT2D eigenvalue weighted by Crippen LogP contribution is 2.47. The molecule has 6 heteroatoms. The summed E-state index contributed by atoms with van der Waals surface area (Å²) in [6, 6.07) is 10.0. The third-order valence-corrected chi connectivity index (χ3v) is 6.07. The Labute approximate surface area is 145 Å². The molecule has 1 aliphatic carbocycles. The van der Waals surface area contributed by atoms with Crippen LogP contribution in [0.15, 0.2) is 36.5 Å². The van der Waals surface area contributed by atoms with Crippen molar-refractivity contribution in [2.24, 2.45) is 5.92 Å². The van der Waals surface area contributed by atoms with Crippen LogP contribution in [0.25, 0.3) is 0 Å². The molecule has 3 atom stereocenters. The van der Waals surface area contributed by atoms with Gasteiger partial charge in [0.1, 0.15) is 0 Å². The molecule has 1 aliphatic heterocycles. The van der Waals surface area contributed by atoms with Crippen LogP contribution < -0.4 is 0 Å². The minimum absolute atomic E-state index is 0.0456. The van der Waals surface area contributed by atoms with Crippen LogP contribution in [-0.4, -0.2) is 37.2 Å². The van der Waals surface area contributed by atoms with Gasteiger partial charge in [0.05, 0.1) is 23.5 Å². The van der Waals surface area contributed by atoms with Gasteiger partial charge in [-0.1, -0.05) is 43.2 Å². The van der Waals surface area contributed by atoms with E-state index in [1.165, 1.54) is 0 Å². The lowest BCUT2D eigenvalue weighted by Crippen LogP contribution is -2.59. The first-order valence-electron chi connectivity index (χ1n) is 8.56. The molecule has 1 amide bonds. The largest absolute Gasteiger partial charge is 0.385 e. The van der Waals surface area contributed by atoms with Crippen molar-refractivity contribution in [1.29, 1.82) is 0 Å². The van der Waals surface area contributed by atoms with E-state index in [2.05, 4.69) is 8.75 Å². The molecule has 2 heterocycles. The van der Waals surface area contributed by atoms with Gasteiger partial charge in [-0.15, -0.1) is 0 Å². The maximum atomic E-state index is 12.8. The number of amides is 1. The van der Waals surface area contributed by atoms with Crippen molar-refractivity contribution in [2.45, 2.75) is 43.7 Å². The molecule has 1 aromatic heterocycles. The van der Waals surface area contributed by atoms with Crippen molar-refractivity contribution < 1.29 is 9.90 Å². The number of hydrogen-bond acceptors (Lipinski definition) is 5. The van der Waals surface area contributed by atoms with E-state index in [1.807, 2.05) is 35.2 Å². The second kappa shape index (κ2) is 6.26. The fourth-order valence-corrected chi connectivity index (χ4v) is 4.83. The SMILES string of the molecule is O=C(c1cnsn1)N1CC[C@](O)(c2ccccc2)[C@@H]2CCCC[C@H]21. The van der Waals surface area contributed by atoms with Crippen LogP contribution in [0, 0.1) is 5.92 Å². The van der Waals surface area contributed by atoms with E-state index in [-0.39, 0.29) is 17.9 Å². The molecule has 2 aromatic rings. The van der Waals surface area contributed by atoms with Gasteiger partial charge in [-0.3, -0.25) is 4.79 Å². The second-order valence-corrected chi connectivity index (χ2v) is 7.35. The Morgan fingerprint density at radius 3 is 2.79 bits per heavy atom. The number of rotatable bonds is 2. The molecular formula is C18H21N3O2S. The van der Waals surface area contributed by atoms with Crippen LogP contribution in [0.2, 0.25) is 0 Å². The Balaban J connectivity index is 1.66. The number of piperidine rings is 1. The van der Waals surface area contributed by atoms with Crippen LogP contribution >= 0.6 is 11.7 Å². The Morgan fingerprint density at radius 2 is 2.04 bits per heavy atom. The summed E-state index contributed by atoms with van der Waals surface area (Å²) in [5.74, 6) is 0.0358. The summed E-state index contributed by atoms with van der Waals surface area (Å²) in [6.45, 7) is 0.558. The molecule has 1 N–H and O–H groups in total. The van der Waals surface area contributed by atoms with E-state index in [1.54, 1.807) is 6.20 Å². The molecule has 1 aromatic carbocycles. The summed E-state index contributed by atoms with van der Waals surface area (Å²) in [5, 5.41) is 11.5. The molecule has 0 spiro atoms. The quantitative estimate of drug-likeness (QED) is 0.910. The van der Waals surface area contributed by atoms with Gasteiger partial charge in [-0.25, -0.2) is 0 Å². The molecule has 0 radical (unpaired) electrons. The molecule has 2 fully saturated rings. The molecular weight excluding hydrogens is 322 g/mol. The number of likely N-dealkylation sites (tertiary alicyclic amines) is 1. The number of hydrogen-bond donors (Lipinski definition) is 1. The van der Waals surface area contributed by atoms with Crippen LogP contribution in [0.1, 0.15) is 48.2 Å². The van der Waals surface area contributed by atoms with Gasteiger partial charge < -0.3 is 10.0 Å². The predicted octanol–water partition coefficient (Wildman–Crippen LogP) is 2.83. The van der Waals surface area contributed by atoms with E-state index in [0.29, 0.717) is 18.7 Å². The van der Waals surface area contributed by atoms with Crippen molar-refractivity contribution in [3.05, 3.63) is 47.8 Å². The number of nitrogens with zero attached hydrogens (tertiary/aromatic N) is 3. The normalized spacial score (nSPS) is 30.0. The minimum Gasteiger partial charge on any atom is -0.385 e. The zero-order valence-electron chi connectivity index (χ0n) is 13.5.